The van der Waals surface area contributed by atoms with Crippen molar-refractivity contribution >= 4 is 21.9 Å². The number of carbonyl (C=O) groups excluding carboxylic acids is 1. The Kier molecular flexibility index (Phi) is 3.25. The maximum atomic E-state index is 11.1. The fourth-order valence-electron chi connectivity index (χ4n) is 0.922. The van der Waals surface area contributed by atoms with Crippen molar-refractivity contribution < 1.29 is 9.53 Å². The number of carbonyl (C=O) groups is 1. The van der Waals surface area contributed by atoms with Crippen LogP contribution >= 0.6 is 15.9 Å². The molecule has 0 saturated heterocycles. The van der Waals surface area contributed by atoms with E-state index in [4.69, 9.17) is 5.26 Å². The molecule has 5 nitrogen and oxygen atoms in total. The summed E-state index contributed by atoms with van der Waals surface area (Å²) in [7, 11) is 1.31. The summed E-state index contributed by atoms with van der Waals surface area (Å²) in [5.41, 5.74) is 0.251. The van der Waals surface area contributed by atoms with E-state index in [1.807, 2.05) is 6.07 Å². The van der Waals surface area contributed by atoms with E-state index in [9.17, 15) is 4.79 Å². The molecule has 74 valence electrons. The summed E-state index contributed by atoms with van der Waals surface area (Å²) in [6.45, 7) is 1.65. The summed E-state index contributed by atoms with van der Waals surface area (Å²) in [5, 5.41) is 12.5. The van der Waals surface area contributed by atoms with Crippen molar-refractivity contribution in [1.29, 1.82) is 5.26 Å². The Morgan fingerprint density at radius 2 is 2.50 bits per heavy atom. The highest BCUT2D eigenvalue weighted by atomic mass is 79.9. The molecule has 0 fully saturated rings. The van der Waals surface area contributed by atoms with Gasteiger partial charge < -0.3 is 4.74 Å². The van der Waals surface area contributed by atoms with Crippen LogP contribution in [0.3, 0.4) is 0 Å². The second kappa shape index (κ2) is 4.24. The minimum atomic E-state index is -0.529. The van der Waals surface area contributed by atoms with Gasteiger partial charge in [0.25, 0.3) is 0 Å². The molecule has 0 aliphatic carbocycles. The predicted octanol–water partition coefficient (Wildman–Crippen LogP) is 1.25. The van der Waals surface area contributed by atoms with E-state index in [2.05, 4.69) is 25.8 Å². The molecular weight excluding hydrogens is 250 g/mol. The average molecular weight is 258 g/mol. The van der Waals surface area contributed by atoms with Gasteiger partial charge in [0.05, 0.1) is 11.6 Å². The standard InChI is InChI=1S/C8H8BrN3O2/c1-5(8(13)14-2)12-4-6(9)7(3-10)11-12/h4-5H,1-2H3. The van der Waals surface area contributed by atoms with Crippen LogP contribution in [0, 0.1) is 11.3 Å². The number of hydrogen-bond acceptors (Lipinski definition) is 4. The van der Waals surface area contributed by atoms with Gasteiger partial charge >= 0.3 is 5.97 Å². The van der Waals surface area contributed by atoms with Gasteiger partial charge in [-0.15, -0.1) is 0 Å². The highest BCUT2D eigenvalue weighted by Gasteiger charge is 2.17. The maximum Gasteiger partial charge on any atom is 0.330 e. The SMILES string of the molecule is COC(=O)C(C)n1cc(Br)c(C#N)n1. The molecule has 0 saturated carbocycles. The van der Waals surface area contributed by atoms with E-state index in [0.29, 0.717) is 4.47 Å². The fourth-order valence-corrected chi connectivity index (χ4v) is 1.30. The third-order valence-electron chi connectivity index (χ3n) is 1.73. The van der Waals surface area contributed by atoms with E-state index >= 15 is 0 Å². The minimum absolute atomic E-state index is 0.251. The number of rotatable bonds is 2. The molecule has 0 radical (unpaired) electrons. The number of hydrogen-bond donors (Lipinski definition) is 0. The first-order valence-electron chi connectivity index (χ1n) is 3.82. The van der Waals surface area contributed by atoms with E-state index in [-0.39, 0.29) is 5.69 Å². The van der Waals surface area contributed by atoms with Crippen molar-refractivity contribution in [3.05, 3.63) is 16.4 Å². The topological polar surface area (TPSA) is 67.9 Å². The Labute approximate surface area is 89.4 Å². The quantitative estimate of drug-likeness (QED) is 0.748. The lowest BCUT2D eigenvalue weighted by molar-refractivity contribution is -0.144. The van der Waals surface area contributed by atoms with Crippen LogP contribution in [0.4, 0.5) is 0 Å². The summed E-state index contributed by atoms with van der Waals surface area (Å²) in [4.78, 5) is 11.1. The van der Waals surface area contributed by atoms with E-state index in [0.717, 1.165) is 0 Å². The zero-order valence-electron chi connectivity index (χ0n) is 7.69. The monoisotopic (exact) mass is 257 g/mol. The molecule has 0 N–H and O–H groups in total. The van der Waals surface area contributed by atoms with Crippen LogP contribution in [-0.4, -0.2) is 22.9 Å². The first kappa shape index (κ1) is 10.7. The molecule has 0 amide bonds. The predicted molar refractivity (Wildman–Crippen MR) is 51.4 cm³/mol. The lowest BCUT2D eigenvalue weighted by atomic mass is 10.3. The maximum absolute atomic E-state index is 11.1. The number of nitrogens with zero attached hydrogens (tertiary/aromatic N) is 3. The lowest BCUT2D eigenvalue weighted by Gasteiger charge is -2.08. The summed E-state index contributed by atoms with van der Waals surface area (Å²) < 4.78 is 6.50. The summed E-state index contributed by atoms with van der Waals surface area (Å²) in [5.74, 6) is -0.399. The van der Waals surface area contributed by atoms with E-state index in [1.165, 1.54) is 11.8 Å². The van der Waals surface area contributed by atoms with Crippen LogP contribution in [0.5, 0.6) is 0 Å². The number of aromatic nitrogens is 2. The number of esters is 1. The number of nitriles is 1. The van der Waals surface area contributed by atoms with Crippen LogP contribution in [0.1, 0.15) is 18.7 Å². The Hall–Kier alpha value is -1.35. The molecule has 0 bridgehead atoms. The third kappa shape index (κ3) is 1.93. The molecule has 0 aliphatic rings. The van der Waals surface area contributed by atoms with Crippen molar-refractivity contribution in [2.24, 2.45) is 0 Å². The normalized spacial score (nSPS) is 11.9. The lowest BCUT2D eigenvalue weighted by Crippen LogP contribution is -2.18. The first-order valence-corrected chi connectivity index (χ1v) is 4.62. The number of ether oxygens (including phenoxy) is 1. The molecular formula is C8H8BrN3O2. The van der Waals surface area contributed by atoms with E-state index < -0.39 is 12.0 Å². The Morgan fingerprint density at radius 1 is 1.86 bits per heavy atom. The Morgan fingerprint density at radius 3 is 2.93 bits per heavy atom. The second-order valence-electron chi connectivity index (χ2n) is 2.62. The van der Waals surface area contributed by atoms with Crippen molar-refractivity contribution in [3.63, 3.8) is 0 Å². The van der Waals surface area contributed by atoms with Gasteiger partial charge in [0.2, 0.25) is 0 Å². The molecule has 14 heavy (non-hydrogen) atoms. The zero-order valence-corrected chi connectivity index (χ0v) is 9.28. The molecule has 1 unspecified atom stereocenters. The first-order chi connectivity index (χ1) is 6.60. The fraction of sp³-hybridized carbons (Fsp3) is 0.375. The summed E-state index contributed by atoms with van der Waals surface area (Å²) in [6, 6.07) is 1.37. The second-order valence-corrected chi connectivity index (χ2v) is 3.47. The van der Waals surface area contributed by atoms with Crippen molar-refractivity contribution in [3.8, 4) is 6.07 Å². The van der Waals surface area contributed by atoms with Gasteiger partial charge in [0.1, 0.15) is 12.1 Å². The molecule has 1 atom stereocenters. The van der Waals surface area contributed by atoms with Crippen LogP contribution in [0.25, 0.3) is 0 Å². The number of methoxy groups -OCH3 is 1. The van der Waals surface area contributed by atoms with Crippen LogP contribution < -0.4 is 0 Å². The molecule has 1 heterocycles. The minimum Gasteiger partial charge on any atom is -0.467 e. The Balaban J connectivity index is 2.98. The van der Waals surface area contributed by atoms with Gasteiger partial charge in [0.15, 0.2) is 5.69 Å². The van der Waals surface area contributed by atoms with E-state index in [1.54, 1.807) is 13.1 Å². The zero-order chi connectivity index (χ0) is 10.7. The molecule has 0 aromatic carbocycles. The van der Waals surface area contributed by atoms with Gasteiger partial charge in [-0.25, -0.2) is 4.79 Å². The molecule has 1 aromatic heterocycles. The van der Waals surface area contributed by atoms with Crippen LogP contribution in [0.15, 0.2) is 10.7 Å². The average Bonchev–Trinajstić information content (AvgIpc) is 2.57. The highest BCUT2D eigenvalue weighted by molar-refractivity contribution is 9.10. The molecule has 6 heteroatoms. The van der Waals surface area contributed by atoms with Gasteiger partial charge in [-0.2, -0.15) is 10.4 Å². The van der Waals surface area contributed by atoms with Crippen LogP contribution in [-0.2, 0) is 9.53 Å². The van der Waals surface area contributed by atoms with Gasteiger partial charge in [-0.05, 0) is 22.9 Å². The molecule has 0 aliphatic heterocycles. The van der Waals surface area contributed by atoms with Crippen LogP contribution in [0.2, 0.25) is 0 Å². The smallest absolute Gasteiger partial charge is 0.330 e. The van der Waals surface area contributed by atoms with Gasteiger partial charge in [0, 0.05) is 6.20 Å². The summed E-state index contributed by atoms with van der Waals surface area (Å²) in [6.07, 6.45) is 1.57. The molecule has 0 spiro atoms. The number of halogens is 1. The van der Waals surface area contributed by atoms with Crippen molar-refractivity contribution in [1.82, 2.24) is 9.78 Å². The molecule has 1 rings (SSSR count). The Bertz CT molecular complexity index is 394. The molecule has 1 aromatic rings. The third-order valence-corrected chi connectivity index (χ3v) is 2.31. The van der Waals surface area contributed by atoms with Gasteiger partial charge in [-0.1, -0.05) is 0 Å². The highest BCUT2D eigenvalue weighted by Crippen LogP contribution is 2.17. The van der Waals surface area contributed by atoms with Gasteiger partial charge in [-0.3, -0.25) is 4.68 Å². The largest absolute Gasteiger partial charge is 0.467 e. The van der Waals surface area contributed by atoms with Crippen molar-refractivity contribution in [2.75, 3.05) is 7.11 Å². The summed E-state index contributed by atoms with van der Waals surface area (Å²) >= 11 is 3.16. The van der Waals surface area contributed by atoms with Crippen molar-refractivity contribution in [2.45, 2.75) is 13.0 Å².